The molecular weight excluding hydrogens is 325 g/mol. The molecule has 130 valence electrons. The molecule has 0 bridgehead atoms. The Labute approximate surface area is 137 Å². The molecule has 0 N–H and O–H groups in total. The van der Waals surface area contributed by atoms with Crippen molar-refractivity contribution in [2.24, 2.45) is 0 Å². The monoisotopic (exact) mass is 342 g/mol. The van der Waals surface area contributed by atoms with Gasteiger partial charge in [-0.15, -0.1) is 0 Å². The average Bonchev–Trinajstić information content (AvgIpc) is 2.59. The van der Waals surface area contributed by atoms with Crippen molar-refractivity contribution in [2.75, 3.05) is 19.8 Å². The summed E-state index contributed by atoms with van der Waals surface area (Å²) in [6.07, 6.45) is -0.0280. The van der Waals surface area contributed by atoms with Crippen molar-refractivity contribution in [3.63, 3.8) is 0 Å². The Kier molecular flexibility index (Phi) is 4.64. The highest BCUT2D eigenvalue weighted by Gasteiger charge is 2.40. The third-order valence-corrected chi connectivity index (χ3v) is 4.01. The minimum absolute atomic E-state index is 0.136. The van der Waals surface area contributed by atoms with Crippen LogP contribution in [0.4, 0.5) is 13.2 Å². The number of nitrogens with zero attached hydrogens (tertiary/aromatic N) is 2. The van der Waals surface area contributed by atoms with Crippen LogP contribution in [0.15, 0.2) is 30.4 Å². The molecule has 3 rings (SSSR count). The fourth-order valence-corrected chi connectivity index (χ4v) is 3.03. The van der Waals surface area contributed by atoms with Crippen LogP contribution >= 0.6 is 0 Å². The number of pyridine rings is 1. The van der Waals surface area contributed by atoms with E-state index in [-0.39, 0.29) is 19.0 Å². The minimum atomic E-state index is -4.52. The van der Waals surface area contributed by atoms with Crippen molar-refractivity contribution < 1.29 is 27.4 Å². The van der Waals surface area contributed by atoms with Crippen LogP contribution in [0.1, 0.15) is 30.1 Å². The number of carbonyl (C=O) groups is 1. The van der Waals surface area contributed by atoms with Gasteiger partial charge in [0.25, 0.3) is 5.91 Å². The maximum atomic E-state index is 13.1. The molecule has 0 radical (unpaired) electrons. The lowest BCUT2D eigenvalue weighted by Crippen LogP contribution is -2.44. The molecule has 24 heavy (non-hydrogen) atoms. The second kappa shape index (κ2) is 6.70. The maximum Gasteiger partial charge on any atom is 0.406 e. The number of rotatable bonds is 3. The van der Waals surface area contributed by atoms with Crippen LogP contribution in [0, 0.1) is 0 Å². The number of aromatic nitrogens is 1. The van der Waals surface area contributed by atoms with Gasteiger partial charge in [-0.1, -0.05) is 6.07 Å². The van der Waals surface area contributed by atoms with Crippen molar-refractivity contribution in [3.05, 3.63) is 41.6 Å². The van der Waals surface area contributed by atoms with Gasteiger partial charge in [0, 0.05) is 6.20 Å². The van der Waals surface area contributed by atoms with Crippen molar-refractivity contribution in [2.45, 2.75) is 31.5 Å². The fourth-order valence-electron chi connectivity index (χ4n) is 3.03. The molecule has 8 heteroatoms. The fraction of sp³-hybridized carbons (Fsp3) is 0.500. The summed E-state index contributed by atoms with van der Waals surface area (Å²) in [7, 11) is 0. The van der Waals surface area contributed by atoms with Crippen LogP contribution in [-0.2, 0) is 20.7 Å². The zero-order valence-electron chi connectivity index (χ0n) is 12.9. The summed E-state index contributed by atoms with van der Waals surface area (Å²) in [6, 6.07) is 2.86. The van der Waals surface area contributed by atoms with E-state index in [0.717, 1.165) is 23.1 Å². The van der Waals surface area contributed by atoms with Crippen molar-refractivity contribution >= 4 is 5.91 Å². The first-order chi connectivity index (χ1) is 11.5. The zero-order valence-corrected chi connectivity index (χ0v) is 12.9. The van der Waals surface area contributed by atoms with Gasteiger partial charge < -0.3 is 14.4 Å². The Morgan fingerprint density at radius 3 is 2.92 bits per heavy atom. The van der Waals surface area contributed by atoms with Gasteiger partial charge in [-0.25, -0.2) is 0 Å². The number of alkyl halides is 3. The summed E-state index contributed by atoms with van der Waals surface area (Å²) in [5.41, 5.74) is 1.40. The molecule has 1 aromatic rings. The Bertz CT molecular complexity index is 646. The third kappa shape index (κ3) is 3.63. The first kappa shape index (κ1) is 16.6. The van der Waals surface area contributed by atoms with Gasteiger partial charge >= 0.3 is 6.18 Å². The molecule has 0 saturated carbocycles. The third-order valence-electron chi connectivity index (χ3n) is 4.01. The molecule has 0 saturated heterocycles. The van der Waals surface area contributed by atoms with Gasteiger partial charge in [0.1, 0.15) is 26.0 Å². The summed E-state index contributed by atoms with van der Waals surface area (Å²) in [5, 5.41) is 0. The van der Waals surface area contributed by atoms with E-state index in [9.17, 15) is 18.0 Å². The van der Waals surface area contributed by atoms with Crippen molar-refractivity contribution in [3.8, 4) is 0 Å². The van der Waals surface area contributed by atoms with Crippen molar-refractivity contribution in [1.82, 2.24) is 9.88 Å². The predicted molar refractivity (Wildman–Crippen MR) is 77.7 cm³/mol. The van der Waals surface area contributed by atoms with Gasteiger partial charge in [-0.2, -0.15) is 13.2 Å². The van der Waals surface area contributed by atoms with Gasteiger partial charge in [-0.05, 0) is 30.9 Å². The normalized spacial score (nSPS) is 20.3. The molecule has 0 spiro atoms. The van der Waals surface area contributed by atoms with Crippen LogP contribution < -0.4 is 0 Å². The summed E-state index contributed by atoms with van der Waals surface area (Å²) < 4.78 is 49.4. The van der Waals surface area contributed by atoms with E-state index in [0.29, 0.717) is 18.5 Å². The average molecular weight is 342 g/mol. The minimum Gasteiger partial charge on any atom is -0.494 e. The highest BCUT2D eigenvalue weighted by Crippen LogP contribution is 2.35. The number of aryl methyl sites for hydroxylation is 1. The molecule has 1 aliphatic heterocycles. The van der Waals surface area contributed by atoms with Crippen LogP contribution in [0.3, 0.4) is 0 Å². The lowest BCUT2D eigenvalue weighted by molar-refractivity contribution is -0.167. The number of ether oxygens (including phenoxy) is 2. The second-order valence-corrected chi connectivity index (χ2v) is 5.71. The molecule has 0 aromatic carbocycles. The zero-order chi connectivity index (χ0) is 17.2. The van der Waals surface area contributed by atoms with E-state index in [1.807, 2.05) is 6.07 Å². The maximum absolute atomic E-state index is 13.1. The van der Waals surface area contributed by atoms with Gasteiger partial charge in [0.05, 0.1) is 11.7 Å². The number of hydrogen-bond donors (Lipinski definition) is 0. The highest BCUT2D eigenvalue weighted by molar-refractivity contribution is 5.91. The standard InChI is InChI=1S/C16H17F3N2O3/c17-16(18,19)10-21(15(22)13-9-23-7-8-24-13)12-5-1-3-11-4-2-6-20-14(11)12/h2,4,6,9,12H,1,3,5,7-8,10H2/t12-/m1/s1. The van der Waals surface area contributed by atoms with E-state index in [1.165, 1.54) is 6.20 Å². The Morgan fingerprint density at radius 2 is 2.21 bits per heavy atom. The Balaban J connectivity index is 1.93. The number of hydrogen-bond acceptors (Lipinski definition) is 4. The number of fused-ring (bicyclic) bond motifs is 1. The summed E-state index contributed by atoms with van der Waals surface area (Å²) in [4.78, 5) is 17.6. The lowest BCUT2D eigenvalue weighted by Gasteiger charge is -2.35. The van der Waals surface area contributed by atoms with E-state index in [1.54, 1.807) is 6.07 Å². The number of amides is 1. The molecule has 5 nitrogen and oxygen atoms in total. The Hall–Kier alpha value is -2.25. The number of carbonyl (C=O) groups excluding carboxylic acids is 1. The van der Waals surface area contributed by atoms with Crippen LogP contribution in [0.25, 0.3) is 0 Å². The molecule has 0 unspecified atom stereocenters. The van der Waals surface area contributed by atoms with E-state index >= 15 is 0 Å². The summed E-state index contributed by atoms with van der Waals surface area (Å²) >= 11 is 0. The molecule has 1 amide bonds. The topological polar surface area (TPSA) is 51.7 Å². The van der Waals surface area contributed by atoms with Gasteiger partial charge in [0.2, 0.25) is 5.76 Å². The molecule has 2 heterocycles. The first-order valence-electron chi connectivity index (χ1n) is 7.72. The molecule has 1 aromatic heterocycles. The smallest absolute Gasteiger partial charge is 0.406 e. The van der Waals surface area contributed by atoms with Crippen LogP contribution in [-0.4, -0.2) is 41.7 Å². The van der Waals surface area contributed by atoms with Crippen LogP contribution in [0.2, 0.25) is 0 Å². The highest BCUT2D eigenvalue weighted by atomic mass is 19.4. The Morgan fingerprint density at radius 1 is 1.38 bits per heavy atom. The summed E-state index contributed by atoms with van der Waals surface area (Å²) in [5.74, 6) is -1.02. The summed E-state index contributed by atoms with van der Waals surface area (Å²) in [6.45, 7) is -0.950. The molecule has 1 aliphatic carbocycles. The van der Waals surface area contributed by atoms with Crippen molar-refractivity contribution in [1.29, 1.82) is 0 Å². The predicted octanol–water partition coefficient (Wildman–Crippen LogP) is 2.74. The van der Waals surface area contributed by atoms with Gasteiger partial charge in [0.15, 0.2) is 0 Å². The molecule has 0 fully saturated rings. The van der Waals surface area contributed by atoms with E-state index < -0.39 is 24.7 Å². The largest absolute Gasteiger partial charge is 0.494 e. The quantitative estimate of drug-likeness (QED) is 0.848. The molecule has 2 aliphatic rings. The first-order valence-corrected chi connectivity index (χ1v) is 7.72. The van der Waals surface area contributed by atoms with E-state index in [4.69, 9.17) is 9.47 Å². The second-order valence-electron chi connectivity index (χ2n) is 5.71. The molecule has 1 atom stereocenters. The number of halogens is 3. The van der Waals surface area contributed by atoms with E-state index in [2.05, 4.69) is 4.98 Å². The lowest BCUT2D eigenvalue weighted by atomic mass is 9.90. The SMILES string of the molecule is O=C(C1=COCCO1)N(CC(F)(F)F)[C@@H]1CCCc2cccnc21. The molecular formula is C16H17F3N2O3. The van der Waals surface area contributed by atoms with Crippen LogP contribution in [0.5, 0.6) is 0 Å². The van der Waals surface area contributed by atoms with Gasteiger partial charge in [-0.3, -0.25) is 9.78 Å².